The fraction of sp³-hybridized carbons (Fsp3) is 0.125. The molecule has 0 fully saturated rings. The largest absolute Gasteiger partial charge is 0.363 e. The molecule has 0 bridgehead atoms. The molecule has 1 aromatic carbocycles. The quantitative estimate of drug-likeness (QED) is 0.444. The Labute approximate surface area is 183 Å². The van der Waals surface area contributed by atoms with Gasteiger partial charge >= 0.3 is 5.69 Å². The molecule has 4 aromatic heterocycles. The zero-order chi connectivity index (χ0) is 22.4. The molecule has 0 unspecified atom stereocenters. The molecule has 0 spiro atoms. The summed E-state index contributed by atoms with van der Waals surface area (Å²) in [6, 6.07) is 15.3. The minimum Gasteiger partial charge on any atom is -0.363 e. The average Bonchev–Trinajstić information content (AvgIpc) is 3.09. The lowest BCUT2D eigenvalue weighted by Gasteiger charge is -2.12. The Kier molecular flexibility index (Phi) is 4.45. The van der Waals surface area contributed by atoms with Crippen molar-refractivity contribution in [2.75, 3.05) is 19.0 Å². The van der Waals surface area contributed by atoms with Crippen molar-refractivity contribution in [1.82, 2.24) is 24.1 Å². The number of pyridine rings is 3. The van der Waals surface area contributed by atoms with E-state index >= 15 is 0 Å². The third kappa shape index (κ3) is 2.99. The minimum atomic E-state index is -0.205. The predicted molar refractivity (Wildman–Crippen MR) is 124 cm³/mol. The topological polar surface area (TPSA) is 92.6 Å². The fourth-order valence-electron chi connectivity index (χ4n) is 3.82. The predicted octanol–water partition coefficient (Wildman–Crippen LogP) is 3.27. The number of aryl methyl sites for hydroxylation is 1. The van der Waals surface area contributed by atoms with E-state index in [1.807, 2.05) is 61.6 Å². The highest BCUT2D eigenvalue weighted by Crippen LogP contribution is 2.30. The molecular formula is C24H19N7O. The number of hydrogen-bond donors (Lipinski definition) is 0. The summed E-state index contributed by atoms with van der Waals surface area (Å²) in [4.78, 5) is 28.3. The van der Waals surface area contributed by atoms with Gasteiger partial charge in [-0.1, -0.05) is 6.07 Å². The molecule has 0 aliphatic heterocycles. The third-order valence-electron chi connectivity index (χ3n) is 5.54. The van der Waals surface area contributed by atoms with Crippen LogP contribution in [-0.4, -0.2) is 38.2 Å². The van der Waals surface area contributed by atoms with Crippen molar-refractivity contribution in [3.8, 4) is 22.9 Å². The molecule has 0 atom stereocenters. The van der Waals surface area contributed by atoms with Gasteiger partial charge in [0.2, 0.25) is 0 Å². The molecular weight excluding hydrogens is 402 g/mol. The van der Waals surface area contributed by atoms with E-state index in [1.165, 1.54) is 0 Å². The molecule has 0 aliphatic carbocycles. The Hall–Kier alpha value is -4.51. The maximum absolute atomic E-state index is 13.1. The van der Waals surface area contributed by atoms with Gasteiger partial charge in [-0.2, -0.15) is 5.26 Å². The number of imidazole rings is 1. The van der Waals surface area contributed by atoms with Gasteiger partial charge in [-0.3, -0.25) is 14.1 Å². The standard InChI is InChI=1S/C24H19N7O/c1-29(2)22-9-5-16(12-28-22)15-4-8-20-19(10-15)23-21(14-27-20)30(3)24(32)31(23)18-7-6-17(11-25)26-13-18/h4-10,12-14H,1-3H3. The summed E-state index contributed by atoms with van der Waals surface area (Å²) in [6.45, 7) is 0. The summed E-state index contributed by atoms with van der Waals surface area (Å²) in [7, 11) is 5.62. The lowest BCUT2D eigenvalue weighted by atomic mass is 10.0. The molecule has 32 heavy (non-hydrogen) atoms. The highest BCUT2D eigenvalue weighted by molar-refractivity contribution is 6.04. The van der Waals surface area contributed by atoms with Crippen LogP contribution in [-0.2, 0) is 7.05 Å². The first-order valence-electron chi connectivity index (χ1n) is 9.98. The molecule has 5 rings (SSSR count). The van der Waals surface area contributed by atoms with Crippen LogP contribution < -0.4 is 10.6 Å². The van der Waals surface area contributed by atoms with Gasteiger partial charge in [0, 0.05) is 38.3 Å². The molecule has 156 valence electrons. The number of rotatable bonds is 3. The molecule has 5 aromatic rings. The van der Waals surface area contributed by atoms with E-state index in [2.05, 4.69) is 15.0 Å². The Bertz CT molecular complexity index is 1570. The second-order valence-electron chi connectivity index (χ2n) is 7.71. The van der Waals surface area contributed by atoms with Gasteiger partial charge in [-0.25, -0.2) is 14.8 Å². The molecule has 0 saturated heterocycles. The highest BCUT2D eigenvalue weighted by Gasteiger charge is 2.17. The number of hydrogen-bond acceptors (Lipinski definition) is 6. The molecule has 0 aliphatic rings. The van der Waals surface area contributed by atoms with Gasteiger partial charge in [0.25, 0.3) is 0 Å². The maximum Gasteiger partial charge on any atom is 0.333 e. The van der Waals surface area contributed by atoms with Crippen molar-refractivity contribution in [1.29, 1.82) is 5.26 Å². The lowest BCUT2D eigenvalue weighted by molar-refractivity contribution is 0.843. The van der Waals surface area contributed by atoms with Crippen LogP contribution in [0.5, 0.6) is 0 Å². The number of nitriles is 1. The van der Waals surface area contributed by atoms with E-state index in [4.69, 9.17) is 5.26 Å². The van der Waals surface area contributed by atoms with Gasteiger partial charge in [-0.15, -0.1) is 0 Å². The molecule has 0 amide bonds. The number of nitrogens with zero attached hydrogens (tertiary/aromatic N) is 7. The highest BCUT2D eigenvalue weighted by atomic mass is 16.1. The Morgan fingerprint density at radius 1 is 0.938 bits per heavy atom. The molecule has 8 heteroatoms. The number of aromatic nitrogens is 5. The van der Waals surface area contributed by atoms with Crippen molar-refractivity contribution in [2.45, 2.75) is 0 Å². The summed E-state index contributed by atoms with van der Waals surface area (Å²) in [5.74, 6) is 0.879. The van der Waals surface area contributed by atoms with Gasteiger partial charge < -0.3 is 4.90 Å². The van der Waals surface area contributed by atoms with Gasteiger partial charge in [-0.05, 0) is 42.0 Å². The van der Waals surface area contributed by atoms with Crippen LogP contribution in [0, 0.1) is 11.3 Å². The summed E-state index contributed by atoms with van der Waals surface area (Å²) in [6.07, 6.45) is 5.09. The average molecular weight is 421 g/mol. The van der Waals surface area contributed by atoms with E-state index in [9.17, 15) is 4.79 Å². The normalized spacial score (nSPS) is 11.1. The van der Waals surface area contributed by atoms with E-state index in [1.54, 1.807) is 40.7 Å². The maximum atomic E-state index is 13.1. The molecule has 4 heterocycles. The first kappa shape index (κ1) is 19.5. The van der Waals surface area contributed by atoms with Crippen molar-refractivity contribution in [3.05, 3.63) is 77.2 Å². The zero-order valence-corrected chi connectivity index (χ0v) is 17.8. The molecule has 8 nitrogen and oxygen atoms in total. The fourth-order valence-corrected chi connectivity index (χ4v) is 3.82. The van der Waals surface area contributed by atoms with E-state index in [-0.39, 0.29) is 5.69 Å². The van der Waals surface area contributed by atoms with Gasteiger partial charge in [0.1, 0.15) is 17.6 Å². The molecule has 0 saturated carbocycles. The van der Waals surface area contributed by atoms with Crippen molar-refractivity contribution in [3.63, 3.8) is 0 Å². The number of benzene rings is 1. The van der Waals surface area contributed by atoms with E-state index in [0.717, 1.165) is 33.4 Å². The van der Waals surface area contributed by atoms with Crippen LogP contribution in [0.25, 0.3) is 38.8 Å². The Morgan fingerprint density at radius 3 is 2.41 bits per heavy atom. The smallest absolute Gasteiger partial charge is 0.333 e. The van der Waals surface area contributed by atoms with Crippen LogP contribution in [0.2, 0.25) is 0 Å². The van der Waals surface area contributed by atoms with Crippen molar-refractivity contribution in [2.24, 2.45) is 7.05 Å². The second kappa shape index (κ2) is 7.32. The van der Waals surface area contributed by atoms with Gasteiger partial charge in [0.05, 0.1) is 34.6 Å². The first-order chi connectivity index (χ1) is 15.5. The summed E-state index contributed by atoms with van der Waals surface area (Å²) < 4.78 is 3.19. The van der Waals surface area contributed by atoms with E-state index in [0.29, 0.717) is 16.9 Å². The summed E-state index contributed by atoms with van der Waals surface area (Å²) in [5.41, 5.74) is 4.87. The zero-order valence-electron chi connectivity index (χ0n) is 17.8. The minimum absolute atomic E-state index is 0.205. The monoisotopic (exact) mass is 421 g/mol. The van der Waals surface area contributed by atoms with Crippen LogP contribution in [0.1, 0.15) is 5.69 Å². The second-order valence-corrected chi connectivity index (χ2v) is 7.71. The Morgan fingerprint density at radius 2 is 1.75 bits per heavy atom. The summed E-state index contributed by atoms with van der Waals surface area (Å²) >= 11 is 0. The van der Waals surface area contributed by atoms with E-state index < -0.39 is 0 Å². The van der Waals surface area contributed by atoms with Crippen LogP contribution in [0.4, 0.5) is 5.82 Å². The number of anilines is 1. The SMILES string of the molecule is CN(C)c1ccc(-c2ccc3ncc4c(c3c2)n(-c2ccc(C#N)nc2)c(=O)n4C)cn1. The van der Waals surface area contributed by atoms with Crippen LogP contribution in [0.3, 0.4) is 0 Å². The summed E-state index contributed by atoms with van der Waals surface area (Å²) in [5, 5.41) is 9.90. The molecule has 0 radical (unpaired) electrons. The Balaban J connectivity index is 1.78. The number of fused-ring (bicyclic) bond motifs is 3. The van der Waals surface area contributed by atoms with Crippen LogP contribution in [0.15, 0.2) is 65.8 Å². The first-order valence-corrected chi connectivity index (χ1v) is 9.98. The van der Waals surface area contributed by atoms with Crippen molar-refractivity contribution < 1.29 is 0 Å². The lowest BCUT2D eigenvalue weighted by Crippen LogP contribution is -2.21. The van der Waals surface area contributed by atoms with Crippen LogP contribution >= 0.6 is 0 Å². The molecule has 0 N–H and O–H groups in total. The van der Waals surface area contributed by atoms with Gasteiger partial charge in [0.15, 0.2) is 0 Å². The van der Waals surface area contributed by atoms with Crippen molar-refractivity contribution >= 4 is 27.8 Å². The third-order valence-corrected chi connectivity index (χ3v) is 5.54.